The largest absolute Gasteiger partial charge is 0.324 e. The summed E-state index contributed by atoms with van der Waals surface area (Å²) in [7, 11) is 0. The van der Waals surface area contributed by atoms with Crippen LogP contribution >= 0.6 is 15.9 Å². The lowest BCUT2D eigenvalue weighted by Gasteiger charge is -2.13. The van der Waals surface area contributed by atoms with E-state index in [-0.39, 0.29) is 5.91 Å². The van der Waals surface area contributed by atoms with E-state index in [2.05, 4.69) is 28.2 Å². The molecular formula is C13H19BrN2O. The van der Waals surface area contributed by atoms with Gasteiger partial charge in [0.05, 0.1) is 11.7 Å². The number of anilines is 1. The van der Waals surface area contributed by atoms with Crippen LogP contribution in [0.4, 0.5) is 5.69 Å². The number of hydrogen-bond donors (Lipinski definition) is 2. The van der Waals surface area contributed by atoms with E-state index in [1.807, 2.05) is 25.1 Å². The van der Waals surface area contributed by atoms with Crippen LogP contribution in [0, 0.1) is 6.92 Å². The number of amides is 1. The molecule has 0 aliphatic rings. The third-order valence-electron chi connectivity index (χ3n) is 2.66. The van der Waals surface area contributed by atoms with Crippen molar-refractivity contribution in [1.82, 2.24) is 0 Å². The molecule has 17 heavy (non-hydrogen) atoms. The smallest absolute Gasteiger partial charge is 0.241 e. The number of carbonyl (C=O) groups is 1. The van der Waals surface area contributed by atoms with E-state index in [0.29, 0.717) is 0 Å². The number of nitrogens with one attached hydrogen (secondary N) is 1. The van der Waals surface area contributed by atoms with Gasteiger partial charge in [-0.1, -0.05) is 31.9 Å². The lowest BCUT2D eigenvalue weighted by atomic mass is 10.1. The standard InChI is InChI=1S/C13H19BrN2O/c1-3-4-7-10(15)13(17)16-11-8-5-6-9(2)12(11)14/h5-6,8,10H,3-4,7,15H2,1-2H3,(H,16,17). The van der Waals surface area contributed by atoms with Gasteiger partial charge >= 0.3 is 0 Å². The average molecular weight is 299 g/mol. The second-order valence-electron chi connectivity index (χ2n) is 4.17. The summed E-state index contributed by atoms with van der Waals surface area (Å²) in [6.45, 7) is 4.07. The van der Waals surface area contributed by atoms with Gasteiger partial charge in [-0.15, -0.1) is 0 Å². The van der Waals surface area contributed by atoms with Crippen LogP contribution in [0.2, 0.25) is 0 Å². The van der Waals surface area contributed by atoms with Gasteiger partial charge in [-0.05, 0) is 40.9 Å². The first-order valence-electron chi connectivity index (χ1n) is 5.87. The Hall–Kier alpha value is -0.870. The number of hydrogen-bond acceptors (Lipinski definition) is 2. The molecule has 0 aliphatic heterocycles. The summed E-state index contributed by atoms with van der Waals surface area (Å²) in [5.74, 6) is -0.121. The highest BCUT2D eigenvalue weighted by Crippen LogP contribution is 2.25. The minimum absolute atomic E-state index is 0.121. The van der Waals surface area contributed by atoms with Gasteiger partial charge in [0.1, 0.15) is 0 Å². The third kappa shape index (κ3) is 4.13. The minimum atomic E-state index is -0.428. The van der Waals surface area contributed by atoms with E-state index in [1.165, 1.54) is 0 Å². The molecule has 0 aliphatic carbocycles. The Bertz CT molecular complexity index is 393. The van der Waals surface area contributed by atoms with Gasteiger partial charge in [0.15, 0.2) is 0 Å². The summed E-state index contributed by atoms with van der Waals surface area (Å²) < 4.78 is 0.913. The molecule has 94 valence electrons. The van der Waals surface area contributed by atoms with Crippen molar-refractivity contribution in [2.75, 3.05) is 5.32 Å². The molecule has 3 N–H and O–H groups in total. The SMILES string of the molecule is CCCCC(N)C(=O)Nc1cccc(C)c1Br. The first-order valence-corrected chi connectivity index (χ1v) is 6.67. The van der Waals surface area contributed by atoms with E-state index in [4.69, 9.17) is 5.73 Å². The van der Waals surface area contributed by atoms with E-state index in [0.717, 1.165) is 35.0 Å². The van der Waals surface area contributed by atoms with Gasteiger partial charge in [0.25, 0.3) is 0 Å². The van der Waals surface area contributed by atoms with Crippen molar-refractivity contribution >= 4 is 27.5 Å². The normalized spacial score (nSPS) is 12.2. The first-order chi connectivity index (χ1) is 8.06. The van der Waals surface area contributed by atoms with Crippen LogP contribution in [-0.2, 0) is 4.79 Å². The Morgan fingerprint density at radius 2 is 2.24 bits per heavy atom. The molecule has 0 heterocycles. The van der Waals surface area contributed by atoms with Crippen LogP contribution in [-0.4, -0.2) is 11.9 Å². The molecule has 0 radical (unpaired) electrons. The molecule has 1 rings (SSSR count). The van der Waals surface area contributed by atoms with Crippen molar-refractivity contribution in [2.45, 2.75) is 39.2 Å². The number of nitrogens with two attached hydrogens (primary N) is 1. The number of halogens is 1. The minimum Gasteiger partial charge on any atom is -0.324 e. The Labute approximate surface area is 111 Å². The van der Waals surface area contributed by atoms with Crippen LogP contribution in [0.1, 0.15) is 31.7 Å². The van der Waals surface area contributed by atoms with Gasteiger partial charge in [-0.3, -0.25) is 4.79 Å². The monoisotopic (exact) mass is 298 g/mol. The maximum atomic E-state index is 11.8. The maximum absolute atomic E-state index is 11.8. The summed E-state index contributed by atoms with van der Waals surface area (Å²) in [5.41, 5.74) is 7.68. The van der Waals surface area contributed by atoms with E-state index < -0.39 is 6.04 Å². The Balaban J connectivity index is 2.64. The number of benzene rings is 1. The van der Waals surface area contributed by atoms with E-state index >= 15 is 0 Å². The molecule has 1 atom stereocenters. The van der Waals surface area contributed by atoms with Gasteiger partial charge in [0.2, 0.25) is 5.91 Å². The zero-order valence-corrected chi connectivity index (χ0v) is 11.9. The summed E-state index contributed by atoms with van der Waals surface area (Å²) >= 11 is 3.45. The molecule has 4 heteroatoms. The van der Waals surface area contributed by atoms with Crippen LogP contribution in [0.3, 0.4) is 0 Å². The van der Waals surface area contributed by atoms with Crippen LogP contribution < -0.4 is 11.1 Å². The summed E-state index contributed by atoms with van der Waals surface area (Å²) in [6.07, 6.45) is 2.75. The van der Waals surface area contributed by atoms with Gasteiger partial charge < -0.3 is 11.1 Å². The van der Waals surface area contributed by atoms with Crippen molar-refractivity contribution in [3.8, 4) is 0 Å². The lowest BCUT2D eigenvalue weighted by molar-refractivity contribution is -0.117. The van der Waals surface area contributed by atoms with Gasteiger partial charge in [0, 0.05) is 4.47 Å². The fourth-order valence-corrected chi connectivity index (χ4v) is 1.89. The number of aryl methyl sites for hydroxylation is 1. The topological polar surface area (TPSA) is 55.1 Å². The molecule has 3 nitrogen and oxygen atoms in total. The van der Waals surface area contributed by atoms with Crippen molar-refractivity contribution in [3.63, 3.8) is 0 Å². The molecule has 0 fully saturated rings. The van der Waals surface area contributed by atoms with Crippen molar-refractivity contribution in [3.05, 3.63) is 28.2 Å². The summed E-state index contributed by atoms with van der Waals surface area (Å²) in [6, 6.07) is 5.33. The molecule has 1 amide bonds. The molecular weight excluding hydrogens is 280 g/mol. The Kier molecular flexibility index (Phi) is 5.65. The molecule has 1 unspecified atom stereocenters. The Morgan fingerprint density at radius 3 is 2.88 bits per heavy atom. The second kappa shape index (κ2) is 6.77. The fourth-order valence-electron chi connectivity index (χ4n) is 1.52. The highest BCUT2D eigenvalue weighted by Gasteiger charge is 2.14. The van der Waals surface area contributed by atoms with Crippen LogP contribution in [0.15, 0.2) is 22.7 Å². The molecule has 0 aromatic heterocycles. The molecule has 0 bridgehead atoms. The van der Waals surface area contributed by atoms with Gasteiger partial charge in [-0.25, -0.2) is 0 Å². The third-order valence-corrected chi connectivity index (χ3v) is 3.71. The molecule has 1 aromatic carbocycles. The van der Waals surface area contributed by atoms with E-state index in [1.54, 1.807) is 0 Å². The summed E-state index contributed by atoms with van der Waals surface area (Å²) in [4.78, 5) is 11.8. The highest BCUT2D eigenvalue weighted by molar-refractivity contribution is 9.10. The summed E-state index contributed by atoms with van der Waals surface area (Å²) in [5, 5.41) is 2.85. The van der Waals surface area contributed by atoms with E-state index in [9.17, 15) is 4.79 Å². The Morgan fingerprint density at radius 1 is 1.53 bits per heavy atom. The number of rotatable bonds is 5. The van der Waals surface area contributed by atoms with Crippen molar-refractivity contribution in [1.29, 1.82) is 0 Å². The average Bonchev–Trinajstić information content (AvgIpc) is 2.31. The molecule has 0 saturated heterocycles. The predicted molar refractivity (Wildman–Crippen MR) is 75.0 cm³/mol. The number of unbranched alkanes of at least 4 members (excludes halogenated alkanes) is 1. The highest BCUT2D eigenvalue weighted by atomic mass is 79.9. The van der Waals surface area contributed by atoms with Crippen LogP contribution in [0.25, 0.3) is 0 Å². The quantitative estimate of drug-likeness (QED) is 0.877. The van der Waals surface area contributed by atoms with Crippen LogP contribution in [0.5, 0.6) is 0 Å². The second-order valence-corrected chi connectivity index (χ2v) is 4.97. The lowest BCUT2D eigenvalue weighted by Crippen LogP contribution is -2.35. The molecule has 0 spiro atoms. The first kappa shape index (κ1) is 14.2. The van der Waals surface area contributed by atoms with Crippen molar-refractivity contribution in [2.24, 2.45) is 5.73 Å². The molecule has 1 aromatic rings. The van der Waals surface area contributed by atoms with Gasteiger partial charge in [-0.2, -0.15) is 0 Å². The zero-order valence-electron chi connectivity index (χ0n) is 10.3. The number of carbonyl (C=O) groups excluding carboxylic acids is 1. The fraction of sp³-hybridized carbons (Fsp3) is 0.462. The zero-order chi connectivity index (χ0) is 12.8. The molecule has 0 saturated carbocycles. The predicted octanol–water partition coefficient (Wildman–Crippen LogP) is 3.21. The van der Waals surface area contributed by atoms with Crippen molar-refractivity contribution < 1.29 is 4.79 Å². The maximum Gasteiger partial charge on any atom is 0.241 e.